The third-order valence-electron chi connectivity index (χ3n) is 3.59. The van der Waals surface area contributed by atoms with E-state index in [9.17, 15) is 0 Å². The monoisotopic (exact) mass is 303 g/mol. The average Bonchev–Trinajstić information content (AvgIpc) is 2.48. The summed E-state index contributed by atoms with van der Waals surface area (Å²) >= 11 is 6.35. The molecule has 0 aliphatic rings. The molecule has 1 atom stereocenters. The lowest BCUT2D eigenvalue weighted by Gasteiger charge is -2.21. The molecule has 0 saturated heterocycles. The van der Waals surface area contributed by atoms with E-state index in [0.717, 1.165) is 29.3 Å². The maximum atomic E-state index is 6.35. The summed E-state index contributed by atoms with van der Waals surface area (Å²) in [5.74, 6) is 0.926. The van der Waals surface area contributed by atoms with Crippen LogP contribution < -0.4 is 10.1 Å². The Morgan fingerprint density at radius 3 is 2.62 bits per heavy atom. The van der Waals surface area contributed by atoms with Crippen molar-refractivity contribution in [2.45, 2.75) is 26.3 Å². The van der Waals surface area contributed by atoms with Crippen LogP contribution in [-0.4, -0.2) is 13.7 Å². The third kappa shape index (κ3) is 3.99. The van der Waals surface area contributed by atoms with Gasteiger partial charge in [-0.25, -0.2) is 0 Å². The maximum Gasteiger partial charge on any atom is 0.122 e. The Bertz CT molecular complexity index is 598. The van der Waals surface area contributed by atoms with Crippen LogP contribution >= 0.6 is 11.6 Å². The first kappa shape index (κ1) is 15.9. The van der Waals surface area contributed by atoms with Gasteiger partial charge in [0.05, 0.1) is 7.11 Å². The standard InChI is InChI=1S/C18H22ClNO/c1-4-20-17(15-7-5-6-8-16(15)19)12-14-11-13(2)9-10-18(14)21-3/h5-11,17,20H,4,12H2,1-3H3. The van der Waals surface area contributed by atoms with Crippen molar-refractivity contribution >= 4 is 11.6 Å². The fraction of sp³-hybridized carbons (Fsp3) is 0.333. The highest BCUT2D eigenvalue weighted by Crippen LogP contribution is 2.29. The average molecular weight is 304 g/mol. The Balaban J connectivity index is 2.33. The second-order valence-corrected chi connectivity index (χ2v) is 5.56. The minimum absolute atomic E-state index is 0.180. The predicted molar refractivity (Wildman–Crippen MR) is 89.3 cm³/mol. The molecule has 2 nitrogen and oxygen atoms in total. The first-order valence-electron chi connectivity index (χ1n) is 7.27. The molecular formula is C18H22ClNO. The van der Waals surface area contributed by atoms with E-state index >= 15 is 0 Å². The van der Waals surface area contributed by atoms with Gasteiger partial charge < -0.3 is 10.1 Å². The number of methoxy groups -OCH3 is 1. The molecule has 2 aromatic carbocycles. The number of hydrogen-bond acceptors (Lipinski definition) is 2. The van der Waals surface area contributed by atoms with E-state index in [2.05, 4.69) is 37.4 Å². The molecule has 1 N–H and O–H groups in total. The molecular weight excluding hydrogens is 282 g/mol. The van der Waals surface area contributed by atoms with Gasteiger partial charge in [0.15, 0.2) is 0 Å². The molecule has 3 heteroatoms. The molecule has 0 amide bonds. The van der Waals surface area contributed by atoms with E-state index in [4.69, 9.17) is 16.3 Å². The quantitative estimate of drug-likeness (QED) is 0.845. The Kier molecular flexibility index (Phi) is 5.66. The largest absolute Gasteiger partial charge is 0.496 e. The van der Waals surface area contributed by atoms with Gasteiger partial charge in [-0.3, -0.25) is 0 Å². The number of likely N-dealkylation sites (N-methyl/N-ethyl adjacent to an activating group) is 1. The predicted octanol–water partition coefficient (Wildman–Crippen LogP) is 4.55. The van der Waals surface area contributed by atoms with Gasteiger partial charge in [0, 0.05) is 11.1 Å². The van der Waals surface area contributed by atoms with Crippen LogP contribution in [0, 0.1) is 6.92 Å². The van der Waals surface area contributed by atoms with Crippen molar-refractivity contribution in [3.63, 3.8) is 0 Å². The number of benzene rings is 2. The van der Waals surface area contributed by atoms with Gasteiger partial charge in [-0.15, -0.1) is 0 Å². The smallest absolute Gasteiger partial charge is 0.122 e. The van der Waals surface area contributed by atoms with Crippen molar-refractivity contribution in [2.75, 3.05) is 13.7 Å². The van der Waals surface area contributed by atoms with Crippen LogP contribution in [0.15, 0.2) is 42.5 Å². The number of ether oxygens (including phenoxy) is 1. The molecule has 112 valence electrons. The van der Waals surface area contributed by atoms with Crippen molar-refractivity contribution < 1.29 is 4.74 Å². The lowest BCUT2D eigenvalue weighted by atomic mass is 9.97. The van der Waals surface area contributed by atoms with Crippen LogP contribution in [0.4, 0.5) is 0 Å². The van der Waals surface area contributed by atoms with Crippen LogP contribution in [0.2, 0.25) is 5.02 Å². The highest BCUT2D eigenvalue weighted by molar-refractivity contribution is 6.31. The van der Waals surface area contributed by atoms with Crippen LogP contribution in [0.25, 0.3) is 0 Å². The Hall–Kier alpha value is -1.51. The summed E-state index contributed by atoms with van der Waals surface area (Å²) in [7, 11) is 1.71. The van der Waals surface area contributed by atoms with Crippen LogP contribution in [-0.2, 0) is 6.42 Å². The Labute approximate surface area is 132 Å². The SMILES string of the molecule is CCNC(Cc1cc(C)ccc1OC)c1ccccc1Cl. The van der Waals surface area contributed by atoms with Crippen LogP contribution in [0.5, 0.6) is 5.75 Å². The summed E-state index contributed by atoms with van der Waals surface area (Å²) in [6.07, 6.45) is 0.850. The molecule has 0 bridgehead atoms. The van der Waals surface area contributed by atoms with E-state index in [0.29, 0.717) is 0 Å². The number of aryl methyl sites for hydroxylation is 1. The van der Waals surface area contributed by atoms with Gasteiger partial charge in [0.1, 0.15) is 5.75 Å². The molecule has 0 heterocycles. The minimum atomic E-state index is 0.180. The van der Waals surface area contributed by atoms with Gasteiger partial charge in [-0.05, 0) is 43.1 Å². The molecule has 2 aromatic rings. The van der Waals surface area contributed by atoms with Crippen molar-refractivity contribution in [3.8, 4) is 5.75 Å². The van der Waals surface area contributed by atoms with Crippen LogP contribution in [0.3, 0.4) is 0 Å². The van der Waals surface area contributed by atoms with E-state index in [1.54, 1.807) is 7.11 Å². The molecule has 0 radical (unpaired) electrons. The van der Waals surface area contributed by atoms with E-state index in [1.807, 2.05) is 24.3 Å². The fourth-order valence-electron chi connectivity index (χ4n) is 2.58. The molecule has 0 spiro atoms. The second-order valence-electron chi connectivity index (χ2n) is 5.15. The molecule has 2 rings (SSSR count). The normalized spacial score (nSPS) is 12.2. The topological polar surface area (TPSA) is 21.3 Å². The van der Waals surface area contributed by atoms with E-state index < -0.39 is 0 Å². The molecule has 21 heavy (non-hydrogen) atoms. The minimum Gasteiger partial charge on any atom is -0.496 e. The number of nitrogens with one attached hydrogen (secondary N) is 1. The first-order chi connectivity index (χ1) is 10.2. The van der Waals surface area contributed by atoms with Crippen molar-refractivity contribution in [3.05, 3.63) is 64.2 Å². The van der Waals surface area contributed by atoms with Gasteiger partial charge in [-0.1, -0.05) is 54.4 Å². The third-order valence-corrected chi connectivity index (χ3v) is 3.94. The summed E-state index contributed by atoms with van der Waals surface area (Å²) in [6, 6.07) is 14.5. The van der Waals surface area contributed by atoms with Gasteiger partial charge in [-0.2, -0.15) is 0 Å². The highest BCUT2D eigenvalue weighted by Gasteiger charge is 2.16. The molecule has 0 aliphatic heterocycles. The van der Waals surface area contributed by atoms with Crippen molar-refractivity contribution in [1.82, 2.24) is 5.32 Å². The second kappa shape index (κ2) is 7.48. The highest BCUT2D eigenvalue weighted by atomic mass is 35.5. The van der Waals surface area contributed by atoms with Crippen molar-refractivity contribution in [2.24, 2.45) is 0 Å². The summed E-state index contributed by atoms with van der Waals surface area (Å²) in [4.78, 5) is 0. The summed E-state index contributed by atoms with van der Waals surface area (Å²) < 4.78 is 5.48. The number of rotatable bonds is 6. The zero-order valence-electron chi connectivity index (χ0n) is 12.8. The number of halogens is 1. The van der Waals surface area contributed by atoms with E-state index in [-0.39, 0.29) is 6.04 Å². The van der Waals surface area contributed by atoms with Crippen molar-refractivity contribution in [1.29, 1.82) is 0 Å². The lowest BCUT2D eigenvalue weighted by Crippen LogP contribution is -2.23. The molecule has 0 fully saturated rings. The van der Waals surface area contributed by atoms with Crippen LogP contribution in [0.1, 0.15) is 29.7 Å². The van der Waals surface area contributed by atoms with E-state index in [1.165, 1.54) is 11.1 Å². The lowest BCUT2D eigenvalue weighted by molar-refractivity contribution is 0.405. The molecule has 0 saturated carbocycles. The van der Waals surface area contributed by atoms with Gasteiger partial charge in [0.2, 0.25) is 0 Å². The zero-order valence-corrected chi connectivity index (χ0v) is 13.6. The number of hydrogen-bond donors (Lipinski definition) is 1. The maximum absolute atomic E-state index is 6.35. The molecule has 0 aliphatic carbocycles. The first-order valence-corrected chi connectivity index (χ1v) is 7.64. The summed E-state index contributed by atoms with van der Waals surface area (Å²) in [5, 5.41) is 4.32. The Morgan fingerprint density at radius 2 is 1.95 bits per heavy atom. The molecule has 0 aromatic heterocycles. The Morgan fingerprint density at radius 1 is 1.19 bits per heavy atom. The van der Waals surface area contributed by atoms with Gasteiger partial charge >= 0.3 is 0 Å². The van der Waals surface area contributed by atoms with Gasteiger partial charge in [0.25, 0.3) is 0 Å². The summed E-state index contributed by atoms with van der Waals surface area (Å²) in [5.41, 5.74) is 3.56. The summed E-state index contributed by atoms with van der Waals surface area (Å²) in [6.45, 7) is 5.10. The fourth-order valence-corrected chi connectivity index (χ4v) is 2.85. The zero-order chi connectivity index (χ0) is 15.2. The molecule has 1 unspecified atom stereocenters.